The Balaban J connectivity index is 2.31. The van der Waals surface area contributed by atoms with Crippen LogP contribution in [-0.4, -0.2) is 44.8 Å². The molecule has 0 radical (unpaired) electrons. The molecular weight excluding hydrogens is 284 g/mol. The van der Waals surface area contributed by atoms with Crippen molar-refractivity contribution in [3.63, 3.8) is 0 Å². The fourth-order valence-corrected chi connectivity index (χ4v) is 2.22. The second-order valence-corrected chi connectivity index (χ2v) is 4.74. The molecule has 0 spiro atoms. The summed E-state index contributed by atoms with van der Waals surface area (Å²) < 4.78 is 10.3. The van der Waals surface area contributed by atoms with Crippen LogP contribution in [-0.2, 0) is 14.3 Å². The third-order valence-corrected chi connectivity index (χ3v) is 3.32. The molecule has 1 aromatic rings. The van der Waals surface area contributed by atoms with E-state index in [4.69, 9.17) is 9.47 Å². The largest absolute Gasteiger partial charge is 0.462 e. The minimum atomic E-state index is -0.463. The highest BCUT2D eigenvalue weighted by Gasteiger charge is 2.17. The summed E-state index contributed by atoms with van der Waals surface area (Å²) in [6.07, 6.45) is 1.16. The summed E-state index contributed by atoms with van der Waals surface area (Å²) in [5.74, 6) is -0.833. The number of nitrogens with one attached hydrogen (secondary N) is 1. The Morgan fingerprint density at radius 2 is 2.14 bits per heavy atom. The lowest BCUT2D eigenvalue weighted by Crippen LogP contribution is -2.36. The molecule has 1 aliphatic heterocycles. The molecular formula is C16H20N2O4. The first-order valence-corrected chi connectivity index (χ1v) is 7.23. The molecule has 1 heterocycles. The number of carbonyl (C=O) groups is 2. The molecule has 118 valence electrons. The van der Waals surface area contributed by atoms with Crippen LogP contribution in [0.1, 0.15) is 17.3 Å². The molecule has 1 aliphatic rings. The molecule has 0 unspecified atom stereocenters. The van der Waals surface area contributed by atoms with Gasteiger partial charge in [0.25, 0.3) is 0 Å². The first kappa shape index (κ1) is 16.0. The van der Waals surface area contributed by atoms with E-state index in [2.05, 4.69) is 16.8 Å². The highest BCUT2D eigenvalue weighted by Crippen LogP contribution is 2.25. The van der Waals surface area contributed by atoms with E-state index in [0.29, 0.717) is 24.5 Å². The Morgan fingerprint density at radius 1 is 1.41 bits per heavy atom. The predicted octanol–water partition coefficient (Wildman–Crippen LogP) is 1.82. The first-order valence-electron chi connectivity index (χ1n) is 7.23. The van der Waals surface area contributed by atoms with E-state index in [-0.39, 0.29) is 12.5 Å². The standard InChI is InChI=1S/C16H20N2O4/c1-3-15(19)17-14-11-12(18-7-9-21-10-8-18)5-6-13(14)16(20)22-4-2/h3,5-6,11H,1,4,7-10H2,2H3,(H,17,19). The fourth-order valence-electron chi connectivity index (χ4n) is 2.22. The van der Waals surface area contributed by atoms with Gasteiger partial charge in [-0.2, -0.15) is 0 Å². The molecule has 1 amide bonds. The van der Waals surface area contributed by atoms with Gasteiger partial charge >= 0.3 is 5.97 Å². The summed E-state index contributed by atoms with van der Waals surface area (Å²) in [5.41, 5.74) is 1.68. The van der Waals surface area contributed by atoms with Gasteiger partial charge in [0.2, 0.25) is 5.91 Å². The van der Waals surface area contributed by atoms with Gasteiger partial charge in [-0.3, -0.25) is 4.79 Å². The molecule has 0 bridgehead atoms. The van der Waals surface area contributed by atoms with Crippen LogP contribution >= 0.6 is 0 Å². The maximum absolute atomic E-state index is 12.0. The van der Waals surface area contributed by atoms with Crippen LogP contribution in [0.15, 0.2) is 30.9 Å². The zero-order valence-electron chi connectivity index (χ0n) is 12.6. The molecule has 0 saturated carbocycles. The highest BCUT2D eigenvalue weighted by atomic mass is 16.5. The number of amides is 1. The van der Waals surface area contributed by atoms with Gasteiger partial charge in [0.05, 0.1) is 31.1 Å². The molecule has 1 aromatic carbocycles. The Hall–Kier alpha value is -2.34. The number of esters is 1. The van der Waals surface area contributed by atoms with Crippen LogP contribution < -0.4 is 10.2 Å². The highest BCUT2D eigenvalue weighted by molar-refractivity contribution is 6.05. The van der Waals surface area contributed by atoms with Crippen molar-refractivity contribution < 1.29 is 19.1 Å². The van der Waals surface area contributed by atoms with Gasteiger partial charge in [-0.05, 0) is 31.2 Å². The fraction of sp³-hybridized carbons (Fsp3) is 0.375. The lowest BCUT2D eigenvalue weighted by atomic mass is 10.1. The number of rotatable bonds is 5. The van der Waals surface area contributed by atoms with Crippen LogP contribution in [0.3, 0.4) is 0 Å². The third-order valence-electron chi connectivity index (χ3n) is 3.32. The van der Waals surface area contributed by atoms with Crippen molar-refractivity contribution >= 4 is 23.3 Å². The molecule has 6 heteroatoms. The zero-order valence-corrected chi connectivity index (χ0v) is 12.6. The van der Waals surface area contributed by atoms with Crippen molar-refractivity contribution in [3.8, 4) is 0 Å². The number of carbonyl (C=O) groups excluding carboxylic acids is 2. The number of anilines is 2. The zero-order chi connectivity index (χ0) is 15.9. The second-order valence-electron chi connectivity index (χ2n) is 4.74. The number of hydrogen-bond donors (Lipinski definition) is 1. The van der Waals surface area contributed by atoms with Crippen LogP contribution in [0.4, 0.5) is 11.4 Å². The SMILES string of the molecule is C=CC(=O)Nc1cc(N2CCOCC2)ccc1C(=O)OCC. The molecule has 6 nitrogen and oxygen atoms in total. The lowest BCUT2D eigenvalue weighted by Gasteiger charge is -2.29. The van der Waals surface area contributed by atoms with E-state index in [0.717, 1.165) is 24.9 Å². The van der Waals surface area contributed by atoms with Crippen molar-refractivity contribution in [1.82, 2.24) is 0 Å². The van der Waals surface area contributed by atoms with Gasteiger partial charge in [-0.1, -0.05) is 6.58 Å². The van der Waals surface area contributed by atoms with E-state index in [1.807, 2.05) is 6.07 Å². The summed E-state index contributed by atoms with van der Waals surface area (Å²) >= 11 is 0. The summed E-state index contributed by atoms with van der Waals surface area (Å²) in [6, 6.07) is 5.29. The number of morpholine rings is 1. The van der Waals surface area contributed by atoms with Gasteiger partial charge in [0.15, 0.2) is 0 Å². The van der Waals surface area contributed by atoms with E-state index in [1.165, 1.54) is 0 Å². The van der Waals surface area contributed by atoms with Crippen molar-refractivity contribution in [2.24, 2.45) is 0 Å². The van der Waals surface area contributed by atoms with Gasteiger partial charge in [-0.25, -0.2) is 4.79 Å². The van der Waals surface area contributed by atoms with Crippen LogP contribution in [0.5, 0.6) is 0 Å². The van der Waals surface area contributed by atoms with Gasteiger partial charge in [0.1, 0.15) is 0 Å². The van der Waals surface area contributed by atoms with Crippen LogP contribution in [0, 0.1) is 0 Å². The summed E-state index contributed by atoms with van der Waals surface area (Å²) in [6.45, 7) is 8.30. The molecule has 0 aromatic heterocycles. The van der Waals surface area contributed by atoms with Gasteiger partial charge in [-0.15, -0.1) is 0 Å². The quantitative estimate of drug-likeness (QED) is 0.664. The van der Waals surface area contributed by atoms with Gasteiger partial charge in [0, 0.05) is 18.8 Å². The Kier molecular flexibility index (Phi) is 5.55. The number of benzene rings is 1. The van der Waals surface area contributed by atoms with Crippen LogP contribution in [0.2, 0.25) is 0 Å². The summed E-state index contributed by atoms with van der Waals surface area (Å²) in [5, 5.41) is 2.66. The monoisotopic (exact) mass is 304 g/mol. The molecule has 1 N–H and O–H groups in total. The Bertz CT molecular complexity index is 565. The van der Waals surface area contributed by atoms with E-state index >= 15 is 0 Å². The number of ether oxygens (including phenoxy) is 2. The Labute approximate surface area is 129 Å². The molecule has 22 heavy (non-hydrogen) atoms. The lowest BCUT2D eigenvalue weighted by molar-refractivity contribution is -0.111. The smallest absolute Gasteiger partial charge is 0.340 e. The van der Waals surface area contributed by atoms with Crippen molar-refractivity contribution in [1.29, 1.82) is 0 Å². The van der Waals surface area contributed by atoms with Crippen molar-refractivity contribution in [3.05, 3.63) is 36.4 Å². The average Bonchev–Trinajstić information content (AvgIpc) is 2.55. The molecule has 1 fully saturated rings. The third kappa shape index (κ3) is 3.85. The van der Waals surface area contributed by atoms with E-state index in [9.17, 15) is 9.59 Å². The topological polar surface area (TPSA) is 67.9 Å². The molecule has 2 rings (SSSR count). The maximum atomic E-state index is 12.0. The Morgan fingerprint density at radius 3 is 2.77 bits per heavy atom. The number of hydrogen-bond acceptors (Lipinski definition) is 5. The average molecular weight is 304 g/mol. The minimum absolute atomic E-state index is 0.277. The predicted molar refractivity (Wildman–Crippen MR) is 84.3 cm³/mol. The molecule has 0 aliphatic carbocycles. The number of nitrogens with zero attached hydrogens (tertiary/aromatic N) is 1. The minimum Gasteiger partial charge on any atom is -0.462 e. The second kappa shape index (κ2) is 7.61. The normalized spacial score (nSPS) is 14.3. The summed E-state index contributed by atoms with van der Waals surface area (Å²) in [7, 11) is 0. The summed E-state index contributed by atoms with van der Waals surface area (Å²) in [4.78, 5) is 25.7. The van der Waals surface area contributed by atoms with E-state index in [1.54, 1.807) is 19.1 Å². The molecule has 1 saturated heterocycles. The first-order chi connectivity index (χ1) is 10.7. The van der Waals surface area contributed by atoms with Gasteiger partial charge < -0.3 is 19.7 Å². The molecule has 0 atom stereocenters. The van der Waals surface area contributed by atoms with E-state index < -0.39 is 5.97 Å². The van der Waals surface area contributed by atoms with Crippen LogP contribution in [0.25, 0.3) is 0 Å². The maximum Gasteiger partial charge on any atom is 0.340 e. The van der Waals surface area contributed by atoms with Crippen molar-refractivity contribution in [2.75, 3.05) is 43.1 Å². The van der Waals surface area contributed by atoms with Crippen molar-refractivity contribution in [2.45, 2.75) is 6.92 Å².